The fourth-order valence-electron chi connectivity index (χ4n) is 8.48. The van der Waals surface area contributed by atoms with E-state index in [4.69, 9.17) is 0 Å². The predicted molar refractivity (Wildman–Crippen MR) is 120 cm³/mol. The standard InChI is InChI=1S/C27H39NO2/c1-26-14-13-22-20(21(26)11-12-25(26)30)10-9-19-15-24(29)23(16-27(19,22)2)28(3)17-18-7-5-4-6-8-18/h4-8,19-24,29H,9-17H2,1-3H3/t19-,20-,21-,22-,23-,24-,26-,27-/m0/s1. The lowest BCUT2D eigenvalue weighted by Gasteiger charge is -2.61. The van der Waals surface area contributed by atoms with Gasteiger partial charge >= 0.3 is 0 Å². The Kier molecular flexibility index (Phi) is 5.14. The van der Waals surface area contributed by atoms with Gasteiger partial charge in [0, 0.05) is 24.4 Å². The van der Waals surface area contributed by atoms with Gasteiger partial charge < -0.3 is 5.11 Å². The van der Waals surface area contributed by atoms with Gasteiger partial charge in [-0.2, -0.15) is 0 Å². The first kappa shape index (κ1) is 20.7. The molecular formula is C27H39NO2. The van der Waals surface area contributed by atoms with E-state index in [0.29, 0.717) is 29.0 Å². The molecule has 8 atom stereocenters. The van der Waals surface area contributed by atoms with Crippen LogP contribution in [0.2, 0.25) is 0 Å². The number of likely N-dealkylation sites (N-methyl/N-ethyl adjacent to an activating group) is 1. The maximum absolute atomic E-state index is 12.7. The van der Waals surface area contributed by atoms with Gasteiger partial charge in [0.05, 0.1) is 6.10 Å². The van der Waals surface area contributed by atoms with Crippen molar-refractivity contribution in [2.24, 2.45) is 34.5 Å². The zero-order chi connectivity index (χ0) is 21.1. The molecule has 0 radical (unpaired) electrons. The van der Waals surface area contributed by atoms with Crippen LogP contribution < -0.4 is 0 Å². The molecule has 1 aromatic rings. The summed E-state index contributed by atoms with van der Waals surface area (Å²) >= 11 is 0. The maximum Gasteiger partial charge on any atom is 0.139 e. The summed E-state index contributed by atoms with van der Waals surface area (Å²) in [5, 5.41) is 11.1. The average Bonchev–Trinajstić information content (AvgIpc) is 3.03. The van der Waals surface area contributed by atoms with E-state index in [1.165, 1.54) is 24.8 Å². The molecule has 0 spiro atoms. The van der Waals surface area contributed by atoms with Crippen molar-refractivity contribution in [2.45, 2.75) is 83.9 Å². The van der Waals surface area contributed by atoms with Crippen molar-refractivity contribution in [2.75, 3.05) is 7.05 Å². The van der Waals surface area contributed by atoms with Gasteiger partial charge in [0.2, 0.25) is 0 Å². The number of rotatable bonds is 3. The number of hydrogen-bond donors (Lipinski definition) is 1. The van der Waals surface area contributed by atoms with Crippen LogP contribution in [0.1, 0.15) is 70.8 Å². The highest BCUT2D eigenvalue weighted by Gasteiger charge is 2.61. The van der Waals surface area contributed by atoms with Gasteiger partial charge in [0.25, 0.3) is 0 Å². The minimum absolute atomic E-state index is 0.0396. The fraction of sp³-hybridized carbons (Fsp3) is 0.741. The number of fused-ring (bicyclic) bond motifs is 5. The Labute approximate surface area is 182 Å². The van der Waals surface area contributed by atoms with Crippen molar-refractivity contribution in [3.8, 4) is 0 Å². The number of nitrogens with zero attached hydrogens (tertiary/aromatic N) is 1. The minimum atomic E-state index is -0.227. The first-order chi connectivity index (χ1) is 14.3. The summed E-state index contributed by atoms with van der Waals surface area (Å²) < 4.78 is 0. The van der Waals surface area contributed by atoms with Crippen molar-refractivity contribution in [1.82, 2.24) is 4.90 Å². The molecule has 0 bridgehead atoms. The summed E-state index contributed by atoms with van der Waals surface area (Å²) in [6.07, 6.45) is 8.57. The van der Waals surface area contributed by atoms with Gasteiger partial charge in [-0.15, -0.1) is 0 Å². The Morgan fingerprint density at radius 3 is 2.60 bits per heavy atom. The van der Waals surface area contributed by atoms with Crippen LogP contribution in [-0.4, -0.2) is 35.0 Å². The molecule has 164 valence electrons. The molecule has 0 aliphatic heterocycles. The molecule has 4 saturated carbocycles. The molecule has 0 heterocycles. The highest BCUT2D eigenvalue weighted by molar-refractivity contribution is 5.87. The quantitative estimate of drug-likeness (QED) is 0.758. The van der Waals surface area contributed by atoms with Crippen LogP contribution in [-0.2, 0) is 11.3 Å². The Hall–Kier alpha value is -1.19. The van der Waals surface area contributed by atoms with Gasteiger partial charge in [-0.25, -0.2) is 0 Å². The highest BCUT2D eigenvalue weighted by Crippen LogP contribution is 2.65. The molecule has 1 N–H and O–H groups in total. The number of aliphatic hydroxyl groups excluding tert-OH is 1. The molecule has 0 unspecified atom stereocenters. The minimum Gasteiger partial charge on any atom is -0.391 e. The lowest BCUT2D eigenvalue weighted by molar-refractivity contribution is -0.151. The van der Waals surface area contributed by atoms with E-state index in [1.54, 1.807) is 0 Å². The largest absolute Gasteiger partial charge is 0.391 e. The van der Waals surface area contributed by atoms with Crippen molar-refractivity contribution < 1.29 is 9.90 Å². The van der Waals surface area contributed by atoms with Gasteiger partial charge in [-0.1, -0.05) is 44.2 Å². The summed E-state index contributed by atoms with van der Waals surface area (Å²) in [6, 6.07) is 10.9. The number of carbonyl (C=O) groups is 1. The maximum atomic E-state index is 12.7. The second kappa shape index (κ2) is 7.45. The van der Waals surface area contributed by atoms with E-state index in [9.17, 15) is 9.90 Å². The molecule has 3 nitrogen and oxygen atoms in total. The fourth-order valence-corrected chi connectivity index (χ4v) is 8.48. The Bertz CT molecular complexity index is 793. The van der Waals surface area contributed by atoms with E-state index in [2.05, 4.69) is 56.1 Å². The highest BCUT2D eigenvalue weighted by atomic mass is 16.3. The number of ketones is 1. The van der Waals surface area contributed by atoms with E-state index in [1.807, 2.05) is 0 Å². The Morgan fingerprint density at radius 1 is 1.07 bits per heavy atom. The van der Waals surface area contributed by atoms with Gasteiger partial charge in [-0.3, -0.25) is 9.69 Å². The molecule has 0 saturated heterocycles. The molecule has 4 aliphatic carbocycles. The number of carbonyl (C=O) groups excluding carboxylic acids is 1. The second-order valence-corrected chi connectivity index (χ2v) is 11.6. The van der Waals surface area contributed by atoms with E-state index in [0.717, 1.165) is 44.6 Å². The topological polar surface area (TPSA) is 40.5 Å². The van der Waals surface area contributed by atoms with Crippen molar-refractivity contribution in [3.63, 3.8) is 0 Å². The second-order valence-electron chi connectivity index (χ2n) is 11.6. The summed E-state index contributed by atoms with van der Waals surface area (Å²) in [5.41, 5.74) is 1.58. The van der Waals surface area contributed by atoms with Crippen molar-refractivity contribution >= 4 is 5.78 Å². The lowest BCUT2D eigenvalue weighted by Crippen LogP contribution is -2.59. The van der Waals surface area contributed by atoms with Crippen LogP contribution in [0, 0.1) is 34.5 Å². The SMILES string of the molecule is CN(Cc1ccccc1)[C@H]1C[C@@]2(C)[C@@H](CC[C@@H]3[C@@H]2CC[C@]2(C)C(=O)CC[C@@H]32)C[C@@H]1O. The van der Waals surface area contributed by atoms with Crippen LogP contribution in [0.4, 0.5) is 0 Å². The van der Waals surface area contributed by atoms with Crippen LogP contribution >= 0.6 is 0 Å². The van der Waals surface area contributed by atoms with E-state index in [-0.39, 0.29) is 17.6 Å². The van der Waals surface area contributed by atoms with Crippen LogP contribution in [0.25, 0.3) is 0 Å². The van der Waals surface area contributed by atoms with Gasteiger partial charge in [0.1, 0.15) is 5.78 Å². The number of hydrogen-bond acceptors (Lipinski definition) is 3. The first-order valence-electron chi connectivity index (χ1n) is 12.3. The predicted octanol–water partition coefficient (Wildman–Crippen LogP) is 5.07. The Morgan fingerprint density at radius 2 is 1.83 bits per heavy atom. The molecule has 0 aromatic heterocycles. The molecule has 0 amide bonds. The van der Waals surface area contributed by atoms with Crippen molar-refractivity contribution in [3.05, 3.63) is 35.9 Å². The molecule has 30 heavy (non-hydrogen) atoms. The lowest BCUT2D eigenvalue weighted by atomic mass is 9.44. The van der Waals surface area contributed by atoms with E-state index >= 15 is 0 Å². The number of benzene rings is 1. The third kappa shape index (κ3) is 3.11. The van der Waals surface area contributed by atoms with Gasteiger partial charge in [-0.05, 0) is 86.6 Å². The zero-order valence-corrected chi connectivity index (χ0v) is 19.0. The molecule has 4 aliphatic rings. The molecule has 1 aromatic carbocycles. The average molecular weight is 410 g/mol. The zero-order valence-electron chi connectivity index (χ0n) is 19.0. The molecule has 4 fully saturated rings. The molecular weight excluding hydrogens is 370 g/mol. The van der Waals surface area contributed by atoms with Crippen molar-refractivity contribution in [1.29, 1.82) is 0 Å². The molecule has 3 heteroatoms. The summed E-state index contributed by atoms with van der Waals surface area (Å²) in [6.45, 7) is 5.72. The summed E-state index contributed by atoms with van der Waals surface area (Å²) in [5.74, 6) is 3.22. The van der Waals surface area contributed by atoms with Gasteiger partial charge in [0.15, 0.2) is 0 Å². The first-order valence-corrected chi connectivity index (χ1v) is 12.3. The summed E-state index contributed by atoms with van der Waals surface area (Å²) in [4.78, 5) is 15.1. The smallest absolute Gasteiger partial charge is 0.139 e. The van der Waals surface area contributed by atoms with Crippen LogP contribution in [0.5, 0.6) is 0 Å². The number of Topliss-reactive ketones (excluding diaryl/α,β-unsaturated/α-hetero) is 1. The summed E-state index contributed by atoms with van der Waals surface area (Å²) in [7, 11) is 2.19. The van der Waals surface area contributed by atoms with Crippen LogP contribution in [0.15, 0.2) is 30.3 Å². The Balaban J connectivity index is 1.38. The molecule has 5 rings (SSSR count). The normalized spacial score (nSPS) is 45.7. The third-order valence-corrected chi connectivity index (χ3v) is 10.2. The third-order valence-electron chi connectivity index (χ3n) is 10.2. The van der Waals surface area contributed by atoms with Crippen LogP contribution in [0.3, 0.4) is 0 Å². The number of aliphatic hydroxyl groups is 1. The van der Waals surface area contributed by atoms with E-state index < -0.39 is 0 Å². The monoisotopic (exact) mass is 409 g/mol.